The van der Waals surface area contributed by atoms with E-state index in [1.165, 1.54) is 0 Å². The van der Waals surface area contributed by atoms with E-state index in [9.17, 15) is 9.59 Å². The lowest BCUT2D eigenvalue weighted by Crippen LogP contribution is -2.53. The summed E-state index contributed by atoms with van der Waals surface area (Å²) >= 11 is 0. The molecule has 2 unspecified atom stereocenters. The Hall–Kier alpha value is -2.26. The van der Waals surface area contributed by atoms with Gasteiger partial charge in [-0.3, -0.25) is 0 Å². The second-order valence-corrected chi connectivity index (χ2v) is 7.36. The summed E-state index contributed by atoms with van der Waals surface area (Å²) in [5, 5.41) is 3.82. The van der Waals surface area contributed by atoms with E-state index in [1.807, 2.05) is 7.05 Å². The molecule has 0 radical (unpaired) electrons. The van der Waals surface area contributed by atoms with Crippen LogP contribution in [0.1, 0.15) is 37.9 Å². The fourth-order valence-electron chi connectivity index (χ4n) is 4.03. The topological polar surface area (TPSA) is 104 Å². The molecule has 4 rings (SSSR count). The average molecular weight is 363 g/mol. The van der Waals surface area contributed by atoms with Gasteiger partial charge < -0.3 is 23.6 Å². The van der Waals surface area contributed by atoms with Gasteiger partial charge in [0, 0.05) is 38.6 Å². The van der Waals surface area contributed by atoms with Crippen molar-refractivity contribution in [3.8, 4) is 0 Å². The summed E-state index contributed by atoms with van der Waals surface area (Å²) in [7, 11) is 2.04. The Morgan fingerprint density at radius 3 is 2.38 bits per heavy atom. The highest BCUT2D eigenvalue weighted by atomic mass is 16.8. The zero-order valence-electron chi connectivity index (χ0n) is 15.0. The van der Waals surface area contributed by atoms with Crippen LogP contribution in [0.2, 0.25) is 0 Å². The maximum atomic E-state index is 12.3. The standard InChI is InChI=1S/C17H21N3O6/c1-11-18-14(25-19-11)17-10-16(6-8-20(3)9-7-16)26-15(17,2)23-12(21)4-5-13(22)24-17/h4-5H,6-10H2,1-3H3/b5-4-. The largest absolute Gasteiger partial charge is 0.438 e. The molecule has 0 bridgehead atoms. The van der Waals surface area contributed by atoms with Crippen LogP contribution in [0.4, 0.5) is 0 Å². The monoisotopic (exact) mass is 363 g/mol. The first-order chi connectivity index (χ1) is 12.3. The maximum Gasteiger partial charge on any atom is 0.333 e. The van der Waals surface area contributed by atoms with Gasteiger partial charge in [0.15, 0.2) is 5.82 Å². The number of carbonyl (C=O) groups is 2. The molecule has 0 saturated carbocycles. The van der Waals surface area contributed by atoms with E-state index in [4.69, 9.17) is 18.7 Å². The Kier molecular flexibility index (Phi) is 3.71. The minimum absolute atomic E-state index is 0.0738. The molecule has 9 nitrogen and oxygen atoms in total. The van der Waals surface area contributed by atoms with Gasteiger partial charge in [0.25, 0.3) is 17.3 Å². The number of fused-ring (bicyclic) bond motifs is 1. The van der Waals surface area contributed by atoms with Crippen molar-refractivity contribution in [3.63, 3.8) is 0 Å². The summed E-state index contributed by atoms with van der Waals surface area (Å²) in [5.41, 5.74) is -2.11. The van der Waals surface area contributed by atoms with E-state index >= 15 is 0 Å². The van der Waals surface area contributed by atoms with Crippen LogP contribution >= 0.6 is 0 Å². The third-order valence-electron chi connectivity index (χ3n) is 5.41. The highest BCUT2D eigenvalue weighted by Crippen LogP contribution is 2.57. The lowest BCUT2D eigenvalue weighted by Gasteiger charge is -2.39. The molecule has 26 heavy (non-hydrogen) atoms. The molecule has 2 saturated heterocycles. The number of esters is 2. The minimum Gasteiger partial charge on any atom is -0.438 e. The van der Waals surface area contributed by atoms with Crippen LogP contribution in [-0.4, -0.2) is 58.5 Å². The zero-order valence-corrected chi connectivity index (χ0v) is 15.0. The number of hydrogen-bond acceptors (Lipinski definition) is 9. The summed E-state index contributed by atoms with van der Waals surface area (Å²) in [6.45, 7) is 4.88. The predicted molar refractivity (Wildman–Crippen MR) is 85.6 cm³/mol. The van der Waals surface area contributed by atoms with Gasteiger partial charge in [-0.15, -0.1) is 0 Å². The molecule has 0 amide bonds. The number of carbonyl (C=O) groups excluding carboxylic acids is 2. The van der Waals surface area contributed by atoms with Crippen molar-refractivity contribution in [1.29, 1.82) is 0 Å². The Morgan fingerprint density at radius 2 is 1.77 bits per heavy atom. The number of rotatable bonds is 1. The lowest BCUT2D eigenvalue weighted by atomic mass is 9.80. The Morgan fingerprint density at radius 1 is 1.12 bits per heavy atom. The first kappa shape index (κ1) is 17.2. The van der Waals surface area contributed by atoms with Crippen molar-refractivity contribution >= 4 is 11.9 Å². The smallest absolute Gasteiger partial charge is 0.333 e. The number of nitrogens with zero attached hydrogens (tertiary/aromatic N) is 3. The fraction of sp³-hybridized carbons (Fsp3) is 0.647. The minimum atomic E-state index is -1.57. The average Bonchev–Trinajstić information content (AvgIpc) is 3.09. The van der Waals surface area contributed by atoms with Crippen molar-refractivity contribution in [2.24, 2.45) is 0 Å². The van der Waals surface area contributed by atoms with E-state index in [0.29, 0.717) is 18.7 Å². The fourth-order valence-corrected chi connectivity index (χ4v) is 4.03. The van der Waals surface area contributed by atoms with Gasteiger partial charge in [0.05, 0.1) is 5.60 Å². The van der Waals surface area contributed by atoms with Gasteiger partial charge >= 0.3 is 11.9 Å². The van der Waals surface area contributed by atoms with Crippen molar-refractivity contribution in [2.75, 3.05) is 20.1 Å². The van der Waals surface area contributed by atoms with Crippen LogP contribution in [0.5, 0.6) is 0 Å². The van der Waals surface area contributed by atoms with Crippen molar-refractivity contribution < 1.29 is 28.3 Å². The third kappa shape index (κ3) is 2.53. The molecule has 0 aliphatic carbocycles. The van der Waals surface area contributed by atoms with Gasteiger partial charge in [0.2, 0.25) is 0 Å². The molecule has 3 aliphatic heterocycles. The third-order valence-corrected chi connectivity index (χ3v) is 5.41. The Balaban J connectivity index is 1.84. The molecule has 1 aromatic rings. The van der Waals surface area contributed by atoms with E-state index in [-0.39, 0.29) is 12.3 Å². The van der Waals surface area contributed by atoms with E-state index < -0.39 is 28.9 Å². The second-order valence-electron chi connectivity index (χ2n) is 7.36. The first-order valence-corrected chi connectivity index (χ1v) is 8.60. The maximum absolute atomic E-state index is 12.3. The number of aromatic nitrogens is 2. The van der Waals surface area contributed by atoms with Gasteiger partial charge in [-0.1, -0.05) is 5.16 Å². The van der Waals surface area contributed by atoms with E-state index in [2.05, 4.69) is 15.0 Å². The van der Waals surface area contributed by atoms with Crippen LogP contribution < -0.4 is 0 Å². The molecule has 1 aromatic heterocycles. The van der Waals surface area contributed by atoms with Crippen molar-refractivity contribution in [3.05, 3.63) is 23.9 Å². The normalized spacial score (nSPS) is 35.3. The van der Waals surface area contributed by atoms with E-state index in [0.717, 1.165) is 25.2 Å². The quantitative estimate of drug-likeness (QED) is 0.671. The summed E-state index contributed by atoms with van der Waals surface area (Å²) in [6, 6.07) is 0. The van der Waals surface area contributed by atoms with Gasteiger partial charge in [0.1, 0.15) is 0 Å². The Labute approximate surface area is 150 Å². The van der Waals surface area contributed by atoms with Crippen LogP contribution in [0, 0.1) is 6.92 Å². The molecular weight excluding hydrogens is 342 g/mol. The predicted octanol–water partition coefficient (Wildman–Crippen LogP) is 0.830. The van der Waals surface area contributed by atoms with E-state index in [1.54, 1.807) is 13.8 Å². The lowest BCUT2D eigenvalue weighted by molar-refractivity contribution is -0.291. The summed E-state index contributed by atoms with van der Waals surface area (Å²) in [6.07, 6.45) is 3.75. The van der Waals surface area contributed by atoms with Gasteiger partial charge in [-0.2, -0.15) is 4.98 Å². The molecule has 2 fully saturated rings. The SMILES string of the molecule is Cc1noc(C23CC4(CCN(C)CC4)OC2(C)OC(=O)/C=C\C(=O)O3)n1. The zero-order chi connectivity index (χ0) is 18.6. The highest BCUT2D eigenvalue weighted by Gasteiger charge is 2.71. The molecule has 1 spiro atoms. The number of ether oxygens (including phenoxy) is 3. The number of aryl methyl sites for hydroxylation is 1. The molecule has 2 atom stereocenters. The van der Waals surface area contributed by atoms with Crippen LogP contribution in [0.15, 0.2) is 16.7 Å². The van der Waals surface area contributed by atoms with Gasteiger partial charge in [-0.25, -0.2) is 9.59 Å². The molecule has 3 aliphatic rings. The van der Waals surface area contributed by atoms with Gasteiger partial charge in [-0.05, 0) is 26.8 Å². The van der Waals surface area contributed by atoms with Crippen molar-refractivity contribution in [2.45, 2.75) is 50.1 Å². The summed E-state index contributed by atoms with van der Waals surface area (Å²) in [5.74, 6) is -2.47. The van der Waals surface area contributed by atoms with Crippen molar-refractivity contribution in [1.82, 2.24) is 15.0 Å². The van der Waals surface area contributed by atoms with Crippen LogP contribution in [-0.2, 0) is 29.4 Å². The molecule has 0 N–H and O–H groups in total. The molecular formula is C17H21N3O6. The summed E-state index contributed by atoms with van der Waals surface area (Å²) < 4.78 is 23.1. The molecule has 0 aromatic carbocycles. The molecule has 4 heterocycles. The first-order valence-electron chi connectivity index (χ1n) is 8.60. The molecule has 9 heteroatoms. The number of hydrogen-bond donors (Lipinski definition) is 0. The molecule has 140 valence electrons. The van der Waals surface area contributed by atoms with Crippen LogP contribution in [0.25, 0.3) is 0 Å². The number of piperidine rings is 1. The Bertz CT molecular complexity index is 781. The highest BCUT2D eigenvalue weighted by molar-refractivity contribution is 5.92. The second kappa shape index (κ2) is 5.62. The number of likely N-dealkylation sites (tertiary alicyclic amines) is 1. The van der Waals surface area contributed by atoms with Crippen LogP contribution in [0.3, 0.4) is 0 Å². The summed E-state index contributed by atoms with van der Waals surface area (Å²) in [4.78, 5) is 30.9.